The van der Waals surface area contributed by atoms with Crippen LogP contribution in [-0.4, -0.2) is 28.7 Å². The fraction of sp³-hybridized carbons (Fsp3) is 0.353. The second kappa shape index (κ2) is 9.62. The minimum absolute atomic E-state index is 0.00341. The van der Waals surface area contributed by atoms with E-state index in [0.717, 1.165) is 23.9 Å². The molecule has 1 aromatic carbocycles. The Labute approximate surface area is 172 Å². The van der Waals surface area contributed by atoms with Gasteiger partial charge < -0.3 is 10.1 Å². The van der Waals surface area contributed by atoms with Crippen LogP contribution in [0.5, 0.6) is 0 Å². The Morgan fingerprint density at radius 2 is 2.11 bits per heavy atom. The van der Waals surface area contributed by atoms with Crippen molar-refractivity contribution in [3.8, 4) is 0 Å². The summed E-state index contributed by atoms with van der Waals surface area (Å²) in [5.74, 6) is -0.874. The minimum Gasteiger partial charge on any atom is -0.466 e. The highest BCUT2D eigenvalue weighted by Crippen LogP contribution is 2.36. The second-order valence-electron chi connectivity index (χ2n) is 5.53. The number of nitrogens with one attached hydrogen (secondary N) is 1. The number of carbonyl (C=O) groups is 2. The number of alkyl halides is 3. The number of halogens is 4. The molecule has 2 rings (SSSR count). The molecular weight excluding hydrogens is 437 g/mol. The third-order valence-electron chi connectivity index (χ3n) is 3.35. The maximum absolute atomic E-state index is 12.9. The number of ether oxygens (including phenoxy) is 1. The highest BCUT2D eigenvalue weighted by molar-refractivity contribution is 8.02. The van der Waals surface area contributed by atoms with Crippen molar-refractivity contribution in [1.82, 2.24) is 4.98 Å². The van der Waals surface area contributed by atoms with Crippen molar-refractivity contribution in [1.29, 1.82) is 0 Å². The number of hydrogen-bond donors (Lipinski definition) is 1. The molecule has 1 N–H and O–H groups in total. The van der Waals surface area contributed by atoms with E-state index >= 15 is 0 Å². The SMILES string of the molecule is CCOC(=O)Cc1csc(SC(C)C(=O)Nc2ccc(Cl)c(C(F)(F)F)c2)n1. The lowest BCUT2D eigenvalue weighted by molar-refractivity contribution is -0.142. The molecule has 0 saturated heterocycles. The van der Waals surface area contributed by atoms with Gasteiger partial charge in [0.25, 0.3) is 0 Å². The molecule has 0 aliphatic carbocycles. The summed E-state index contributed by atoms with van der Waals surface area (Å²) in [6, 6.07) is 3.17. The molecular formula is C17H16ClF3N2O3S2. The maximum atomic E-state index is 12.9. The summed E-state index contributed by atoms with van der Waals surface area (Å²) >= 11 is 7.98. The van der Waals surface area contributed by atoms with Crippen molar-refractivity contribution in [2.24, 2.45) is 0 Å². The van der Waals surface area contributed by atoms with Gasteiger partial charge in [-0.3, -0.25) is 9.59 Å². The van der Waals surface area contributed by atoms with Gasteiger partial charge in [0.05, 0.1) is 34.6 Å². The number of nitrogens with zero attached hydrogens (tertiary/aromatic N) is 1. The van der Waals surface area contributed by atoms with E-state index in [4.69, 9.17) is 16.3 Å². The van der Waals surface area contributed by atoms with Crippen LogP contribution in [0.1, 0.15) is 25.1 Å². The van der Waals surface area contributed by atoms with Crippen LogP contribution in [0.25, 0.3) is 0 Å². The Morgan fingerprint density at radius 3 is 2.75 bits per heavy atom. The van der Waals surface area contributed by atoms with Crippen LogP contribution in [0, 0.1) is 0 Å². The lowest BCUT2D eigenvalue weighted by Gasteiger charge is -2.13. The molecule has 0 spiro atoms. The quantitative estimate of drug-likeness (QED) is 0.471. The Hall–Kier alpha value is -1.78. The fourth-order valence-corrected chi connectivity index (χ4v) is 4.26. The first kappa shape index (κ1) is 22.5. The van der Waals surface area contributed by atoms with E-state index in [1.165, 1.54) is 17.4 Å². The number of rotatable bonds is 7. The van der Waals surface area contributed by atoms with E-state index in [0.29, 0.717) is 10.0 Å². The van der Waals surface area contributed by atoms with Gasteiger partial charge in [0.1, 0.15) is 0 Å². The summed E-state index contributed by atoms with van der Waals surface area (Å²) in [4.78, 5) is 28.0. The molecule has 1 atom stereocenters. The lowest BCUT2D eigenvalue weighted by atomic mass is 10.2. The van der Waals surface area contributed by atoms with E-state index < -0.39 is 33.9 Å². The third kappa shape index (κ3) is 6.39. The van der Waals surface area contributed by atoms with Crippen molar-refractivity contribution in [2.75, 3.05) is 11.9 Å². The minimum atomic E-state index is -4.62. The van der Waals surface area contributed by atoms with Gasteiger partial charge in [0, 0.05) is 11.1 Å². The van der Waals surface area contributed by atoms with Gasteiger partial charge in [-0.25, -0.2) is 4.98 Å². The first-order chi connectivity index (χ1) is 13.1. The highest BCUT2D eigenvalue weighted by Gasteiger charge is 2.33. The molecule has 5 nitrogen and oxygen atoms in total. The van der Waals surface area contributed by atoms with Crippen LogP contribution >= 0.6 is 34.7 Å². The number of aromatic nitrogens is 1. The van der Waals surface area contributed by atoms with Gasteiger partial charge in [0.2, 0.25) is 5.91 Å². The van der Waals surface area contributed by atoms with Crippen LogP contribution in [0.4, 0.5) is 18.9 Å². The molecule has 2 aromatic rings. The smallest absolute Gasteiger partial charge is 0.417 e. The molecule has 0 aliphatic rings. The van der Waals surface area contributed by atoms with Gasteiger partial charge in [-0.1, -0.05) is 23.4 Å². The Bertz CT molecular complexity index is 858. The standard InChI is InChI=1S/C17H16ClF3N2O3S2/c1-3-26-14(24)7-11-8-27-16(23-11)28-9(2)15(25)22-10-4-5-13(18)12(6-10)17(19,20)21/h4-6,8-9H,3,7H2,1-2H3,(H,22,25). The van der Waals surface area contributed by atoms with Crippen molar-refractivity contribution >= 4 is 52.3 Å². The van der Waals surface area contributed by atoms with Gasteiger partial charge >= 0.3 is 12.1 Å². The summed E-state index contributed by atoms with van der Waals surface area (Å²) in [7, 11) is 0. The number of thiazole rings is 1. The maximum Gasteiger partial charge on any atom is 0.417 e. The molecule has 0 aliphatic heterocycles. The third-order valence-corrected chi connectivity index (χ3v) is 5.80. The molecule has 152 valence electrons. The van der Waals surface area contributed by atoms with Gasteiger partial charge in [0.15, 0.2) is 4.34 Å². The van der Waals surface area contributed by atoms with Crippen molar-refractivity contribution in [2.45, 2.75) is 36.0 Å². The van der Waals surface area contributed by atoms with Crippen molar-refractivity contribution in [3.05, 3.63) is 39.9 Å². The summed E-state index contributed by atoms with van der Waals surface area (Å²) in [5.41, 5.74) is -0.488. The number of hydrogen-bond acceptors (Lipinski definition) is 6. The van der Waals surface area contributed by atoms with Gasteiger partial charge in [-0.2, -0.15) is 13.2 Å². The normalized spacial score (nSPS) is 12.5. The number of anilines is 1. The summed E-state index contributed by atoms with van der Waals surface area (Å²) in [5, 5.41) is 3.08. The molecule has 1 amide bonds. The molecule has 0 saturated carbocycles. The van der Waals surface area contributed by atoms with E-state index in [1.807, 2.05) is 0 Å². The van der Waals surface area contributed by atoms with Gasteiger partial charge in [-0.05, 0) is 32.0 Å². The van der Waals surface area contributed by atoms with E-state index in [-0.39, 0.29) is 18.7 Å². The van der Waals surface area contributed by atoms with Crippen LogP contribution < -0.4 is 5.32 Å². The molecule has 1 unspecified atom stereocenters. The van der Waals surface area contributed by atoms with Crippen LogP contribution in [0.15, 0.2) is 27.9 Å². The van der Waals surface area contributed by atoms with E-state index in [1.54, 1.807) is 19.2 Å². The molecule has 0 fully saturated rings. The summed E-state index contributed by atoms with van der Waals surface area (Å²) in [6.45, 7) is 3.59. The largest absolute Gasteiger partial charge is 0.466 e. The van der Waals surface area contributed by atoms with Crippen molar-refractivity contribution in [3.63, 3.8) is 0 Å². The molecule has 0 radical (unpaired) electrons. The van der Waals surface area contributed by atoms with Crippen LogP contribution in [0.2, 0.25) is 5.02 Å². The van der Waals surface area contributed by atoms with Crippen molar-refractivity contribution < 1.29 is 27.5 Å². The number of esters is 1. The van der Waals surface area contributed by atoms with E-state index in [9.17, 15) is 22.8 Å². The summed E-state index contributed by atoms with van der Waals surface area (Å²) in [6.07, 6.45) is -4.58. The topological polar surface area (TPSA) is 68.3 Å². The number of thioether (sulfide) groups is 1. The Morgan fingerprint density at radius 1 is 1.39 bits per heavy atom. The molecule has 28 heavy (non-hydrogen) atoms. The summed E-state index contributed by atoms with van der Waals surface area (Å²) < 4.78 is 44.1. The lowest BCUT2D eigenvalue weighted by Crippen LogP contribution is -2.22. The number of benzene rings is 1. The predicted molar refractivity (Wildman–Crippen MR) is 103 cm³/mol. The number of amides is 1. The average molecular weight is 453 g/mol. The fourth-order valence-electron chi connectivity index (χ4n) is 2.05. The molecule has 0 bridgehead atoms. The second-order valence-corrected chi connectivity index (χ2v) is 8.38. The predicted octanol–water partition coefficient (Wildman–Crippen LogP) is 5.04. The van der Waals surface area contributed by atoms with Crippen LogP contribution in [0.3, 0.4) is 0 Å². The zero-order valence-corrected chi connectivity index (χ0v) is 17.2. The zero-order valence-electron chi connectivity index (χ0n) is 14.8. The zero-order chi connectivity index (χ0) is 20.9. The monoisotopic (exact) mass is 452 g/mol. The molecule has 11 heteroatoms. The molecule has 1 aromatic heterocycles. The molecule has 1 heterocycles. The first-order valence-corrected chi connectivity index (χ1v) is 10.2. The van der Waals surface area contributed by atoms with E-state index in [2.05, 4.69) is 10.3 Å². The van der Waals surface area contributed by atoms with Crippen LogP contribution in [-0.2, 0) is 26.9 Å². The number of carbonyl (C=O) groups excluding carboxylic acids is 2. The average Bonchev–Trinajstić information content (AvgIpc) is 3.02. The Kier molecular flexibility index (Phi) is 7.73. The highest BCUT2D eigenvalue weighted by atomic mass is 35.5. The Balaban J connectivity index is 1.98. The first-order valence-electron chi connectivity index (χ1n) is 8.04. The van der Waals surface area contributed by atoms with Gasteiger partial charge in [-0.15, -0.1) is 11.3 Å².